The molecule has 1 amide bonds. The first-order valence-corrected chi connectivity index (χ1v) is 13.3. The summed E-state index contributed by atoms with van der Waals surface area (Å²) in [6, 6.07) is 5.55. The number of nitrogens with two attached hydrogens (primary N) is 1. The smallest absolute Gasteiger partial charge is 0.252 e. The van der Waals surface area contributed by atoms with E-state index in [1.807, 2.05) is 18.2 Å². The molecule has 0 bridgehead atoms. The van der Waals surface area contributed by atoms with Crippen LogP contribution in [0.25, 0.3) is 0 Å². The molecule has 1 aromatic carbocycles. The van der Waals surface area contributed by atoms with Crippen LogP contribution in [0.2, 0.25) is 0 Å². The molecular formula is C28H49ClN2O6. The quantitative estimate of drug-likeness (QED) is 0.271. The van der Waals surface area contributed by atoms with Crippen LogP contribution in [0.3, 0.4) is 0 Å². The first-order valence-electron chi connectivity index (χ1n) is 13.3. The first-order chi connectivity index (χ1) is 17.3. The van der Waals surface area contributed by atoms with Crippen molar-refractivity contribution in [1.82, 2.24) is 5.32 Å². The summed E-state index contributed by atoms with van der Waals surface area (Å²) in [6.07, 6.45) is 5.92. The SMILES string of the molecule is COCCCOc1cc(C[C@@H](C[C@H](N)[C@@H](O)CNC(=O)C2(OC)CCCCC2)C(C)C)ccc1OC.Cl. The second kappa shape index (κ2) is 17.1. The van der Waals surface area contributed by atoms with Gasteiger partial charge in [-0.25, -0.2) is 0 Å². The molecule has 8 nitrogen and oxygen atoms in total. The Morgan fingerprint density at radius 3 is 2.41 bits per heavy atom. The molecule has 1 saturated carbocycles. The third-order valence-electron chi connectivity index (χ3n) is 7.43. The number of hydrogen-bond donors (Lipinski definition) is 3. The number of carbonyl (C=O) groups is 1. The predicted molar refractivity (Wildman–Crippen MR) is 149 cm³/mol. The zero-order valence-electron chi connectivity index (χ0n) is 23.3. The second-order valence-corrected chi connectivity index (χ2v) is 10.3. The number of nitrogens with one attached hydrogen (secondary N) is 1. The highest BCUT2D eigenvalue weighted by Crippen LogP contribution is 2.32. The molecule has 4 N–H and O–H groups in total. The molecule has 1 aliphatic rings. The molecule has 214 valence electrons. The van der Waals surface area contributed by atoms with E-state index >= 15 is 0 Å². The number of methoxy groups -OCH3 is 3. The van der Waals surface area contributed by atoms with Gasteiger partial charge in [0.2, 0.25) is 0 Å². The molecule has 0 saturated heterocycles. The van der Waals surface area contributed by atoms with Crippen molar-refractivity contribution in [3.63, 3.8) is 0 Å². The van der Waals surface area contributed by atoms with Crippen LogP contribution in [-0.2, 0) is 20.7 Å². The number of ether oxygens (including phenoxy) is 4. The van der Waals surface area contributed by atoms with Crippen molar-refractivity contribution >= 4 is 18.3 Å². The normalized spacial score (nSPS) is 17.4. The van der Waals surface area contributed by atoms with E-state index in [9.17, 15) is 9.90 Å². The molecule has 0 aliphatic heterocycles. The Morgan fingerprint density at radius 1 is 1.11 bits per heavy atom. The zero-order chi connectivity index (χ0) is 26.6. The number of benzene rings is 1. The van der Waals surface area contributed by atoms with Crippen molar-refractivity contribution < 1.29 is 28.8 Å². The zero-order valence-corrected chi connectivity index (χ0v) is 24.1. The fraction of sp³-hybridized carbons (Fsp3) is 0.750. The Bertz CT molecular complexity index is 788. The molecule has 1 aromatic rings. The first kappa shape index (κ1) is 33.4. The summed E-state index contributed by atoms with van der Waals surface area (Å²) in [6.45, 7) is 5.65. The maximum atomic E-state index is 12.8. The van der Waals surface area contributed by atoms with Gasteiger partial charge in [-0.05, 0) is 55.2 Å². The molecular weight excluding hydrogens is 496 g/mol. The van der Waals surface area contributed by atoms with Gasteiger partial charge in [0, 0.05) is 39.8 Å². The second-order valence-electron chi connectivity index (χ2n) is 10.3. The van der Waals surface area contributed by atoms with Gasteiger partial charge in [0.15, 0.2) is 11.5 Å². The van der Waals surface area contributed by atoms with Gasteiger partial charge in [-0.15, -0.1) is 12.4 Å². The summed E-state index contributed by atoms with van der Waals surface area (Å²) >= 11 is 0. The predicted octanol–water partition coefficient (Wildman–Crippen LogP) is 3.89. The third kappa shape index (κ3) is 10.2. The van der Waals surface area contributed by atoms with Gasteiger partial charge in [0.25, 0.3) is 5.91 Å². The van der Waals surface area contributed by atoms with Gasteiger partial charge >= 0.3 is 0 Å². The van der Waals surface area contributed by atoms with Gasteiger partial charge in [0.05, 0.1) is 19.8 Å². The Kier molecular flexibility index (Phi) is 15.5. The number of aliphatic hydroxyl groups is 1. The highest BCUT2D eigenvalue weighted by molar-refractivity contribution is 5.85. The van der Waals surface area contributed by atoms with Gasteiger partial charge in [-0.1, -0.05) is 39.2 Å². The van der Waals surface area contributed by atoms with E-state index in [1.165, 1.54) is 0 Å². The lowest BCUT2D eigenvalue weighted by atomic mass is 9.82. The van der Waals surface area contributed by atoms with Crippen LogP contribution in [0.15, 0.2) is 18.2 Å². The minimum atomic E-state index is -0.830. The van der Waals surface area contributed by atoms with Gasteiger partial charge in [0.1, 0.15) is 5.60 Å². The minimum absolute atomic E-state index is 0. The molecule has 0 spiro atoms. The lowest BCUT2D eigenvalue weighted by Gasteiger charge is -2.35. The van der Waals surface area contributed by atoms with Crippen molar-refractivity contribution in [2.75, 3.05) is 41.1 Å². The van der Waals surface area contributed by atoms with E-state index in [2.05, 4.69) is 19.2 Å². The van der Waals surface area contributed by atoms with Crippen LogP contribution in [-0.4, -0.2) is 69.8 Å². The van der Waals surface area contributed by atoms with Crippen molar-refractivity contribution in [3.05, 3.63) is 23.8 Å². The summed E-state index contributed by atoms with van der Waals surface area (Å²) in [5, 5.41) is 13.6. The third-order valence-corrected chi connectivity index (χ3v) is 7.43. The molecule has 37 heavy (non-hydrogen) atoms. The summed E-state index contributed by atoms with van der Waals surface area (Å²) in [5.74, 6) is 1.89. The molecule has 3 atom stereocenters. The monoisotopic (exact) mass is 544 g/mol. The molecule has 0 radical (unpaired) electrons. The van der Waals surface area contributed by atoms with Crippen LogP contribution in [0.1, 0.15) is 64.4 Å². The standard InChI is InChI=1S/C28H48N2O6.ClH/c1-20(2)22(16-21-10-11-25(34-4)26(17-21)36-15-9-14-33-3)18-23(29)24(31)19-30-27(32)28(35-5)12-7-6-8-13-28;/h10-11,17,20,22-24,31H,6-9,12-16,18-19,29H2,1-5H3,(H,30,32);1H/t22-,23-,24-;/m0./s1. The number of hydrogen-bond acceptors (Lipinski definition) is 7. The Hall–Kier alpha value is -1.58. The Morgan fingerprint density at radius 2 is 1.81 bits per heavy atom. The van der Waals surface area contributed by atoms with Crippen LogP contribution in [0, 0.1) is 11.8 Å². The molecule has 0 aromatic heterocycles. The van der Waals surface area contributed by atoms with Gasteiger partial charge < -0.3 is 35.1 Å². The summed E-state index contributed by atoms with van der Waals surface area (Å²) < 4.78 is 22.1. The van der Waals surface area contributed by atoms with Crippen LogP contribution < -0.4 is 20.5 Å². The Labute approximate surface area is 229 Å². The van der Waals surface area contributed by atoms with Crippen molar-refractivity contribution in [2.24, 2.45) is 17.6 Å². The van der Waals surface area contributed by atoms with E-state index in [4.69, 9.17) is 24.7 Å². The molecule has 0 unspecified atom stereocenters. The van der Waals surface area contributed by atoms with E-state index in [0.717, 1.165) is 43.4 Å². The number of halogens is 1. The lowest BCUT2D eigenvalue weighted by molar-refractivity contribution is -0.148. The molecule has 0 heterocycles. The summed E-state index contributed by atoms with van der Waals surface area (Å²) in [7, 11) is 4.90. The number of carbonyl (C=O) groups excluding carboxylic acids is 1. The van der Waals surface area contributed by atoms with E-state index in [-0.39, 0.29) is 30.8 Å². The maximum absolute atomic E-state index is 12.8. The molecule has 2 rings (SSSR count). The van der Waals surface area contributed by atoms with E-state index < -0.39 is 17.7 Å². The highest BCUT2D eigenvalue weighted by atomic mass is 35.5. The van der Waals surface area contributed by atoms with Gasteiger partial charge in [-0.2, -0.15) is 0 Å². The number of aliphatic hydroxyl groups excluding tert-OH is 1. The van der Waals surface area contributed by atoms with Crippen LogP contribution in [0.4, 0.5) is 0 Å². The lowest BCUT2D eigenvalue weighted by Crippen LogP contribution is -2.53. The fourth-order valence-electron chi connectivity index (χ4n) is 4.90. The Balaban J connectivity index is 0.00000684. The van der Waals surface area contributed by atoms with Gasteiger partial charge in [-0.3, -0.25) is 4.79 Å². The molecule has 9 heteroatoms. The van der Waals surface area contributed by atoms with E-state index in [0.29, 0.717) is 44.1 Å². The fourth-order valence-corrected chi connectivity index (χ4v) is 4.90. The topological polar surface area (TPSA) is 112 Å². The minimum Gasteiger partial charge on any atom is -0.493 e. The van der Waals surface area contributed by atoms with Crippen LogP contribution >= 0.6 is 12.4 Å². The summed E-state index contributed by atoms with van der Waals surface area (Å²) in [5.41, 5.74) is 6.77. The average Bonchev–Trinajstić information content (AvgIpc) is 2.89. The number of rotatable bonds is 16. The largest absolute Gasteiger partial charge is 0.493 e. The highest BCUT2D eigenvalue weighted by Gasteiger charge is 2.39. The maximum Gasteiger partial charge on any atom is 0.252 e. The van der Waals surface area contributed by atoms with Crippen molar-refractivity contribution in [3.8, 4) is 11.5 Å². The number of amides is 1. The van der Waals surface area contributed by atoms with Crippen LogP contribution in [0.5, 0.6) is 11.5 Å². The average molecular weight is 545 g/mol. The van der Waals surface area contributed by atoms with Crippen molar-refractivity contribution in [2.45, 2.75) is 83.0 Å². The summed E-state index contributed by atoms with van der Waals surface area (Å²) in [4.78, 5) is 12.8. The molecule has 1 fully saturated rings. The molecule has 1 aliphatic carbocycles. The van der Waals surface area contributed by atoms with E-state index in [1.54, 1.807) is 21.3 Å². The van der Waals surface area contributed by atoms with Crippen molar-refractivity contribution in [1.29, 1.82) is 0 Å².